The van der Waals surface area contributed by atoms with Gasteiger partial charge in [-0.25, -0.2) is 4.79 Å². The highest BCUT2D eigenvalue weighted by molar-refractivity contribution is 5.83. The first-order chi connectivity index (χ1) is 7.18. The maximum Gasteiger partial charge on any atom is 0.312 e. The number of carbonyl (C=O) groups is 2. The SMILES string of the molecule is NC(=O)NCC(=O)NCc1ccccc1. The van der Waals surface area contributed by atoms with Gasteiger partial charge in [0.2, 0.25) is 5.91 Å². The van der Waals surface area contributed by atoms with Gasteiger partial charge in [-0.2, -0.15) is 0 Å². The number of carbonyl (C=O) groups excluding carboxylic acids is 2. The van der Waals surface area contributed by atoms with Crippen LogP contribution < -0.4 is 16.4 Å². The molecule has 1 aromatic rings. The van der Waals surface area contributed by atoms with Crippen LogP contribution in [0.5, 0.6) is 0 Å². The van der Waals surface area contributed by atoms with Gasteiger partial charge in [-0.05, 0) is 5.56 Å². The second-order valence-electron chi connectivity index (χ2n) is 2.98. The van der Waals surface area contributed by atoms with Crippen LogP contribution in [0.3, 0.4) is 0 Å². The molecular formula is C10H13N3O2. The number of urea groups is 1. The Morgan fingerprint density at radius 3 is 2.40 bits per heavy atom. The summed E-state index contributed by atoms with van der Waals surface area (Å²) in [5, 5.41) is 4.85. The maximum absolute atomic E-state index is 11.1. The maximum atomic E-state index is 11.1. The lowest BCUT2D eigenvalue weighted by atomic mass is 10.2. The quantitative estimate of drug-likeness (QED) is 0.647. The van der Waals surface area contributed by atoms with Crippen LogP contribution in [0.4, 0.5) is 4.79 Å². The molecule has 0 aromatic heterocycles. The van der Waals surface area contributed by atoms with E-state index in [0.717, 1.165) is 5.56 Å². The fourth-order valence-electron chi connectivity index (χ4n) is 1.03. The van der Waals surface area contributed by atoms with Gasteiger partial charge in [0.05, 0.1) is 6.54 Å². The second-order valence-corrected chi connectivity index (χ2v) is 2.98. The van der Waals surface area contributed by atoms with Crippen molar-refractivity contribution in [2.45, 2.75) is 6.54 Å². The van der Waals surface area contributed by atoms with Crippen LogP contribution in [0, 0.1) is 0 Å². The zero-order valence-corrected chi connectivity index (χ0v) is 8.19. The molecule has 1 rings (SSSR count). The van der Waals surface area contributed by atoms with Crippen molar-refractivity contribution in [3.63, 3.8) is 0 Å². The van der Waals surface area contributed by atoms with Gasteiger partial charge >= 0.3 is 6.03 Å². The van der Waals surface area contributed by atoms with Gasteiger partial charge < -0.3 is 16.4 Å². The Morgan fingerprint density at radius 1 is 1.13 bits per heavy atom. The van der Waals surface area contributed by atoms with Crippen molar-refractivity contribution in [1.82, 2.24) is 10.6 Å². The first-order valence-electron chi connectivity index (χ1n) is 4.52. The van der Waals surface area contributed by atoms with E-state index in [1.165, 1.54) is 0 Å². The Hall–Kier alpha value is -2.04. The molecule has 0 aliphatic heterocycles. The molecule has 0 unspecified atom stereocenters. The Kier molecular flexibility index (Phi) is 4.15. The standard InChI is InChI=1S/C10H13N3O2/c11-10(15)13-7-9(14)12-6-8-4-2-1-3-5-8/h1-5H,6-7H2,(H,12,14)(H3,11,13,15). The molecule has 0 spiro atoms. The fourth-order valence-corrected chi connectivity index (χ4v) is 1.03. The van der Waals surface area contributed by atoms with Crippen LogP contribution in [0.15, 0.2) is 30.3 Å². The lowest BCUT2D eigenvalue weighted by molar-refractivity contribution is -0.120. The first kappa shape index (κ1) is 11.0. The van der Waals surface area contributed by atoms with E-state index >= 15 is 0 Å². The van der Waals surface area contributed by atoms with E-state index < -0.39 is 6.03 Å². The second kappa shape index (κ2) is 5.64. The molecular weight excluding hydrogens is 194 g/mol. The fraction of sp³-hybridized carbons (Fsp3) is 0.200. The molecule has 0 fully saturated rings. The highest BCUT2D eigenvalue weighted by Gasteiger charge is 2.01. The Balaban J connectivity index is 2.26. The highest BCUT2D eigenvalue weighted by Crippen LogP contribution is 1.96. The lowest BCUT2D eigenvalue weighted by Gasteiger charge is -2.05. The number of hydrogen-bond acceptors (Lipinski definition) is 2. The zero-order valence-electron chi connectivity index (χ0n) is 8.19. The molecule has 5 nitrogen and oxygen atoms in total. The monoisotopic (exact) mass is 207 g/mol. The number of nitrogens with one attached hydrogen (secondary N) is 2. The van der Waals surface area contributed by atoms with E-state index in [4.69, 9.17) is 5.73 Å². The molecule has 0 saturated carbocycles. The van der Waals surface area contributed by atoms with Crippen LogP contribution in [0.25, 0.3) is 0 Å². The van der Waals surface area contributed by atoms with Gasteiger partial charge in [0.15, 0.2) is 0 Å². The van der Waals surface area contributed by atoms with E-state index in [9.17, 15) is 9.59 Å². The molecule has 15 heavy (non-hydrogen) atoms. The van der Waals surface area contributed by atoms with Crippen molar-refractivity contribution in [3.05, 3.63) is 35.9 Å². The van der Waals surface area contributed by atoms with Gasteiger partial charge in [-0.15, -0.1) is 0 Å². The van der Waals surface area contributed by atoms with Crippen molar-refractivity contribution >= 4 is 11.9 Å². The Labute approximate surface area is 87.7 Å². The van der Waals surface area contributed by atoms with Crippen molar-refractivity contribution in [3.8, 4) is 0 Å². The summed E-state index contributed by atoms with van der Waals surface area (Å²) in [6.45, 7) is 0.349. The summed E-state index contributed by atoms with van der Waals surface area (Å²) in [5.41, 5.74) is 5.82. The van der Waals surface area contributed by atoms with E-state index in [0.29, 0.717) is 6.54 Å². The van der Waals surface area contributed by atoms with Gasteiger partial charge in [-0.3, -0.25) is 4.79 Å². The predicted molar refractivity (Wildman–Crippen MR) is 55.9 cm³/mol. The van der Waals surface area contributed by atoms with Gasteiger partial charge in [0.25, 0.3) is 0 Å². The summed E-state index contributed by atoms with van der Waals surface area (Å²) in [4.78, 5) is 21.4. The molecule has 3 amide bonds. The minimum Gasteiger partial charge on any atom is -0.352 e. The van der Waals surface area contributed by atoms with E-state index in [1.807, 2.05) is 30.3 Å². The van der Waals surface area contributed by atoms with E-state index in [-0.39, 0.29) is 12.5 Å². The Bertz CT molecular complexity index is 338. The number of benzene rings is 1. The molecule has 5 heteroatoms. The minimum atomic E-state index is -0.704. The molecule has 80 valence electrons. The summed E-state index contributed by atoms with van der Waals surface area (Å²) < 4.78 is 0. The van der Waals surface area contributed by atoms with Crippen LogP contribution in [0.2, 0.25) is 0 Å². The molecule has 0 aliphatic carbocycles. The van der Waals surface area contributed by atoms with Crippen molar-refractivity contribution in [2.75, 3.05) is 6.54 Å². The largest absolute Gasteiger partial charge is 0.352 e. The molecule has 1 aromatic carbocycles. The third kappa shape index (κ3) is 4.66. The van der Waals surface area contributed by atoms with Crippen LogP contribution >= 0.6 is 0 Å². The molecule has 0 radical (unpaired) electrons. The minimum absolute atomic E-state index is 0.0951. The lowest BCUT2D eigenvalue weighted by Crippen LogP contribution is -2.39. The van der Waals surface area contributed by atoms with Gasteiger partial charge in [0.1, 0.15) is 0 Å². The average Bonchev–Trinajstić information content (AvgIpc) is 2.25. The molecule has 0 saturated heterocycles. The molecule has 0 atom stereocenters. The van der Waals surface area contributed by atoms with Crippen molar-refractivity contribution in [1.29, 1.82) is 0 Å². The van der Waals surface area contributed by atoms with E-state index in [2.05, 4.69) is 10.6 Å². The summed E-state index contributed by atoms with van der Waals surface area (Å²) in [6.07, 6.45) is 0. The first-order valence-corrected chi connectivity index (χ1v) is 4.52. The smallest absolute Gasteiger partial charge is 0.312 e. The third-order valence-corrected chi connectivity index (χ3v) is 1.76. The average molecular weight is 207 g/mol. The summed E-state index contributed by atoms with van der Waals surface area (Å²) in [5.74, 6) is -0.266. The molecule has 0 heterocycles. The summed E-state index contributed by atoms with van der Waals surface area (Å²) in [6, 6.07) is 8.79. The van der Waals surface area contributed by atoms with Crippen LogP contribution in [-0.4, -0.2) is 18.5 Å². The van der Waals surface area contributed by atoms with Crippen LogP contribution in [-0.2, 0) is 11.3 Å². The molecule has 0 bridgehead atoms. The third-order valence-electron chi connectivity index (χ3n) is 1.76. The highest BCUT2D eigenvalue weighted by atomic mass is 16.2. The number of hydrogen-bond donors (Lipinski definition) is 3. The topological polar surface area (TPSA) is 84.2 Å². The summed E-state index contributed by atoms with van der Waals surface area (Å²) in [7, 11) is 0. The van der Waals surface area contributed by atoms with Crippen molar-refractivity contribution < 1.29 is 9.59 Å². The van der Waals surface area contributed by atoms with Gasteiger partial charge in [0, 0.05) is 6.54 Å². The van der Waals surface area contributed by atoms with Crippen LogP contribution in [0.1, 0.15) is 5.56 Å². The van der Waals surface area contributed by atoms with E-state index in [1.54, 1.807) is 0 Å². The summed E-state index contributed by atoms with van der Waals surface area (Å²) >= 11 is 0. The predicted octanol–water partition coefficient (Wildman–Crippen LogP) is -0.0289. The number of rotatable bonds is 4. The number of amides is 3. The zero-order chi connectivity index (χ0) is 11.1. The molecule has 4 N–H and O–H groups in total. The van der Waals surface area contributed by atoms with Crippen molar-refractivity contribution in [2.24, 2.45) is 5.73 Å². The molecule has 0 aliphatic rings. The normalized spacial score (nSPS) is 9.33. The Morgan fingerprint density at radius 2 is 1.80 bits per heavy atom. The van der Waals surface area contributed by atoms with Gasteiger partial charge in [-0.1, -0.05) is 30.3 Å². The number of nitrogens with two attached hydrogens (primary N) is 1. The number of primary amides is 1.